The first-order chi connectivity index (χ1) is 7.97. The highest BCUT2D eigenvalue weighted by molar-refractivity contribution is 5.84. The topological polar surface area (TPSA) is 106 Å². The number of carboxylic acids is 1. The van der Waals surface area contributed by atoms with Crippen molar-refractivity contribution in [3.63, 3.8) is 0 Å². The van der Waals surface area contributed by atoms with Gasteiger partial charge in [-0.15, -0.1) is 0 Å². The van der Waals surface area contributed by atoms with Crippen molar-refractivity contribution in [3.8, 4) is 0 Å². The molecule has 1 aromatic carbocycles. The molecular formula is C12H16N2O3. The van der Waals surface area contributed by atoms with E-state index in [1.165, 1.54) is 0 Å². The SMILES string of the molecule is C=CC(N)=O.N[C@@H](Cc1ccccc1)C(=O)O. The molecule has 0 aliphatic carbocycles. The fourth-order valence-electron chi connectivity index (χ4n) is 0.955. The fourth-order valence-corrected chi connectivity index (χ4v) is 0.955. The van der Waals surface area contributed by atoms with E-state index in [1.54, 1.807) is 0 Å². The van der Waals surface area contributed by atoms with Crippen molar-refractivity contribution in [2.45, 2.75) is 12.5 Å². The lowest BCUT2D eigenvalue weighted by Crippen LogP contribution is -2.32. The van der Waals surface area contributed by atoms with Crippen molar-refractivity contribution in [1.29, 1.82) is 0 Å². The number of hydrogen-bond acceptors (Lipinski definition) is 3. The number of aliphatic carboxylic acids is 1. The van der Waals surface area contributed by atoms with Crippen LogP contribution in [-0.4, -0.2) is 23.0 Å². The van der Waals surface area contributed by atoms with Gasteiger partial charge in [0.25, 0.3) is 0 Å². The Kier molecular flexibility index (Phi) is 7.05. The molecule has 5 nitrogen and oxygen atoms in total. The largest absolute Gasteiger partial charge is 0.480 e. The Labute approximate surface area is 99.7 Å². The number of benzene rings is 1. The molecular weight excluding hydrogens is 220 g/mol. The molecule has 92 valence electrons. The monoisotopic (exact) mass is 236 g/mol. The van der Waals surface area contributed by atoms with Crippen LogP contribution in [0.5, 0.6) is 0 Å². The molecule has 1 rings (SSSR count). The highest BCUT2D eigenvalue weighted by Gasteiger charge is 2.10. The summed E-state index contributed by atoms with van der Waals surface area (Å²) in [5, 5.41) is 8.52. The zero-order chi connectivity index (χ0) is 13.3. The Hall–Kier alpha value is -2.14. The Morgan fingerprint density at radius 3 is 2.18 bits per heavy atom. The minimum Gasteiger partial charge on any atom is -0.480 e. The van der Waals surface area contributed by atoms with Crippen molar-refractivity contribution in [2.75, 3.05) is 0 Å². The standard InChI is InChI=1S/C9H11NO2.C3H5NO/c10-8(9(11)12)6-7-4-2-1-3-5-7;1-2-3(4)5/h1-5,8H,6,10H2,(H,11,12);2H,1H2,(H2,4,5)/t8-;/m0./s1. The van der Waals surface area contributed by atoms with E-state index in [0.29, 0.717) is 6.42 Å². The highest BCUT2D eigenvalue weighted by Crippen LogP contribution is 2.01. The minimum absolute atomic E-state index is 0.385. The van der Waals surface area contributed by atoms with Crippen molar-refractivity contribution >= 4 is 11.9 Å². The molecule has 0 saturated heterocycles. The quantitative estimate of drug-likeness (QED) is 0.653. The number of carboxylic acid groups (broad SMARTS) is 1. The summed E-state index contributed by atoms with van der Waals surface area (Å²) in [7, 11) is 0. The summed E-state index contributed by atoms with van der Waals surface area (Å²) in [5.74, 6) is -1.44. The zero-order valence-electron chi connectivity index (χ0n) is 9.37. The van der Waals surface area contributed by atoms with Crippen LogP contribution in [-0.2, 0) is 16.0 Å². The summed E-state index contributed by atoms with van der Waals surface area (Å²) < 4.78 is 0. The molecule has 0 saturated carbocycles. The van der Waals surface area contributed by atoms with Crippen molar-refractivity contribution < 1.29 is 14.7 Å². The van der Waals surface area contributed by atoms with E-state index < -0.39 is 17.9 Å². The number of hydrogen-bond donors (Lipinski definition) is 3. The first kappa shape index (κ1) is 14.9. The molecule has 5 heteroatoms. The molecule has 5 N–H and O–H groups in total. The number of amides is 1. The predicted octanol–water partition coefficient (Wildman–Crippen LogP) is 0.299. The maximum Gasteiger partial charge on any atom is 0.320 e. The van der Waals surface area contributed by atoms with E-state index in [-0.39, 0.29) is 0 Å². The summed E-state index contributed by atoms with van der Waals surface area (Å²) in [5.41, 5.74) is 10.8. The normalized spacial score (nSPS) is 10.6. The van der Waals surface area contributed by atoms with E-state index in [9.17, 15) is 9.59 Å². The van der Waals surface area contributed by atoms with Gasteiger partial charge in [-0.25, -0.2) is 0 Å². The van der Waals surface area contributed by atoms with E-state index in [0.717, 1.165) is 11.6 Å². The van der Waals surface area contributed by atoms with Gasteiger partial charge >= 0.3 is 5.97 Å². The molecule has 0 aromatic heterocycles. The minimum atomic E-state index is -0.959. The molecule has 1 amide bonds. The Bertz CT molecular complexity index is 377. The second-order valence-corrected chi connectivity index (χ2v) is 3.24. The molecule has 1 atom stereocenters. The van der Waals surface area contributed by atoms with Crippen molar-refractivity contribution in [2.24, 2.45) is 11.5 Å². The van der Waals surface area contributed by atoms with Crippen LogP contribution < -0.4 is 11.5 Å². The average molecular weight is 236 g/mol. The molecule has 0 aliphatic rings. The van der Waals surface area contributed by atoms with E-state index in [4.69, 9.17) is 10.8 Å². The van der Waals surface area contributed by atoms with Crippen LogP contribution in [0.2, 0.25) is 0 Å². The first-order valence-corrected chi connectivity index (χ1v) is 4.91. The van der Waals surface area contributed by atoms with Gasteiger partial charge in [-0.2, -0.15) is 0 Å². The summed E-state index contributed by atoms with van der Waals surface area (Å²) in [4.78, 5) is 19.9. The third kappa shape index (κ3) is 7.75. The Balaban J connectivity index is 0.000000437. The third-order valence-corrected chi connectivity index (χ3v) is 1.82. The maximum atomic E-state index is 10.4. The summed E-state index contributed by atoms with van der Waals surface area (Å²) in [6, 6.07) is 8.54. The molecule has 0 heterocycles. The van der Waals surface area contributed by atoms with Crippen LogP contribution in [0, 0.1) is 0 Å². The van der Waals surface area contributed by atoms with E-state index in [2.05, 4.69) is 12.3 Å². The second-order valence-electron chi connectivity index (χ2n) is 3.24. The molecule has 0 aliphatic heterocycles. The lowest BCUT2D eigenvalue weighted by atomic mass is 10.1. The van der Waals surface area contributed by atoms with Gasteiger partial charge in [-0.3, -0.25) is 9.59 Å². The van der Waals surface area contributed by atoms with Crippen molar-refractivity contribution in [3.05, 3.63) is 48.6 Å². The smallest absolute Gasteiger partial charge is 0.320 e. The van der Waals surface area contributed by atoms with Gasteiger partial charge < -0.3 is 16.6 Å². The van der Waals surface area contributed by atoms with Gasteiger partial charge in [0.15, 0.2) is 0 Å². The van der Waals surface area contributed by atoms with Gasteiger partial charge in [0.05, 0.1) is 0 Å². The molecule has 17 heavy (non-hydrogen) atoms. The number of carbonyl (C=O) groups is 2. The van der Waals surface area contributed by atoms with Gasteiger partial charge in [0, 0.05) is 0 Å². The van der Waals surface area contributed by atoms with Crippen LogP contribution in [0.15, 0.2) is 43.0 Å². The molecule has 0 unspecified atom stereocenters. The van der Waals surface area contributed by atoms with Crippen LogP contribution in [0.1, 0.15) is 5.56 Å². The van der Waals surface area contributed by atoms with Crippen LogP contribution in [0.3, 0.4) is 0 Å². The number of rotatable bonds is 4. The molecule has 1 aromatic rings. The molecule has 0 spiro atoms. The number of carbonyl (C=O) groups excluding carboxylic acids is 1. The molecule has 0 bridgehead atoms. The zero-order valence-corrected chi connectivity index (χ0v) is 9.37. The lowest BCUT2D eigenvalue weighted by Gasteiger charge is -2.04. The Morgan fingerprint density at radius 1 is 1.35 bits per heavy atom. The van der Waals surface area contributed by atoms with E-state index in [1.807, 2.05) is 30.3 Å². The van der Waals surface area contributed by atoms with Gasteiger partial charge in [0.1, 0.15) is 6.04 Å². The van der Waals surface area contributed by atoms with Crippen LogP contribution in [0.4, 0.5) is 0 Å². The summed E-state index contributed by atoms with van der Waals surface area (Å²) >= 11 is 0. The number of primary amides is 1. The van der Waals surface area contributed by atoms with E-state index >= 15 is 0 Å². The molecule has 0 fully saturated rings. The van der Waals surface area contributed by atoms with Crippen LogP contribution >= 0.6 is 0 Å². The van der Waals surface area contributed by atoms with Gasteiger partial charge in [-0.1, -0.05) is 36.9 Å². The lowest BCUT2D eigenvalue weighted by molar-refractivity contribution is -0.138. The van der Waals surface area contributed by atoms with Gasteiger partial charge in [0.2, 0.25) is 5.91 Å². The molecule has 0 radical (unpaired) electrons. The summed E-state index contributed by atoms with van der Waals surface area (Å²) in [6.07, 6.45) is 1.44. The predicted molar refractivity (Wildman–Crippen MR) is 65.1 cm³/mol. The van der Waals surface area contributed by atoms with Gasteiger partial charge in [-0.05, 0) is 18.1 Å². The fraction of sp³-hybridized carbons (Fsp3) is 0.167. The second kappa shape index (κ2) is 8.06. The number of nitrogens with two attached hydrogens (primary N) is 2. The first-order valence-electron chi connectivity index (χ1n) is 4.91. The van der Waals surface area contributed by atoms with Crippen LogP contribution in [0.25, 0.3) is 0 Å². The highest BCUT2D eigenvalue weighted by atomic mass is 16.4. The summed E-state index contributed by atoms with van der Waals surface area (Å²) in [6.45, 7) is 3.09. The Morgan fingerprint density at radius 2 is 1.82 bits per heavy atom. The maximum absolute atomic E-state index is 10.4. The average Bonchev–Trinajstić information content (AvgIpc) is 2.31. The van der Waals surface area contributed by atoms with Crippen molar-refractivity contribution in [1.82, 2.24) is 0 Å². The third-order valence-electron chi connectivity index (χ3n) is 1.82.